The smallest absolute Gasteiger partial charge is 0.345 e. The molecule has 3 nitrogen and oxygen atoms in total. The number of carbonyl (C=O) groups excluding carboxylic acids is 1. The largest absolute Gasteiger partial charge is 0.415 e. The van der Waals surface area contributed by atoms with Gasteiger partial charge < -0.3 is 11.1 Å². The molecule has 1 unspecified atom stereocenters. The highest BCUT2D eigenvalue weighted by atomic mass is 79.9. The lowest BCUT2D eigenvalue weighted by atomic mass is 9.92. The maximum absolute atomic E-state index is 12.7. The highest BCUT2D eigenvalue weighted by Gasteiger charge is 2.54. The zero-order valence-electron chi connectivity index (χ0n) is 11.3. The van der Waals surface area contributed by atoms with Crippen LogP contribution in [0, 0.1) is 0 Å². The predicted molar refractivity (Wildman–Crippen MR) is 74.0 cm³/mol. The minimum Gasteiger partial charge on any atom is -0.345 e. The Hall–Kier alpha value is -1.08. The van der Waals surface area contributed by atoms with Crippen molar-refractivity contribution >= 4 is 21.8 Å². The summed E-state index contributed by atoms with van der Waals surface area (Å²) in [5, 5.41) is 2.34. The third kappa shape index (κ3) is 3.52. The fourth-order valence-corrected chi connectivity index (χ4v) is 1.75. The molecule has 0 radical (unpaired) electrons. The van der Waals surface area contributed by atoms with Crippen molar-refractivity contribution in [2.45, 2.75) is 38.0 Å². The Balaban J connectivity index is 2.97. The molecule has 0 bridgehead atoms. The lowest BCUT2D eigenvalue weighted by molar-refractivity contribution is -0.188. The van der Waals surface area contributed by atoms with Crippen LogP contribution in [0.1, 0.15) is 26.3 Å². The molecule has 1 aromatic carbocycles. The molecule has 20 heavy (non-hydrogen) atoms. The molecule has 0 aromatic heterocycles. The first kappa shape index (κ1) is 17.0. The minimum atomic E-state index is -4.81. The van der Waals surface area contributed by atoms with Gasteiger partial charge in [-0.05, 0) is 38.5 Å². The van der Waals surface area contributed by atoms with Crippen LogP contribution in [0.5, 0.6) is 0 Å². The summed E-state index contributed by atoms with van der Waals surface area (Å²) in [4.78, 5) is 11.8. The molecular weight excluding hydrogens is 337 g/mol. The first-order valence-electron chi connectivity index (χ1n) is 5.82. The Labute approximate surface area is 123 Å². The monoisotopic (exact) mass is 352 g/mol. The molecule has 1 atom stereocenters. The lowest BCUT2D eigenvalue weighted by Gasteiger charge is -2.33. The standard InChI is InChI=1S/C13H16BrF3N2O/c1-11(2,8-4-6-9(14)7-5-8)19-10(20)12(3,18)13(15,16)17/h4-7H,18H2,1-3H3,(H,19,20). The molecule has 0 aliphatic carbocycles. The SMILES string of the molecule is CC(C)(NC(=O)C(C)(N)C(F)(F)F)c1ccc(Br)cc1. The number of hydrogen-bond donors (Lipinski definition) is 2. The van der Waals surface area contributed by atoms with E-state index < -0.39 is 23.2 Å². The van der Waals surface area contributed by atoms with E-state index in [9.17, 15) is 18.0 Å². The molecule has 0 aliphatic heterocycles. The molecule has 0 heterocycles. The second-order valence-electron chi connectivity index (χ2n) is 5.29. The van der Waals surface area contributed by atoms with E-state index in [4.69, 9.17) is 5.73 Å². The summed E-state index contributed by atoms with van der Waals surface area (Å²) >= 11 is 3.26. The molecule has 7 heteroatoms. The van der Waals surface area contributed by atoms with E-state index in [2.05, 4.69) is 21.2 Å². The average Bonchev–Trinajstić information content (AvgIpc) is 2.27. The van der Waals surface area contributed by atoms with Crippen LogP contribution in [0.25, 0.3) is 0 Å². The number of nitrogens with two attached hydrogens (primary N) is 1. The maximum Gasteiger partial charge on any atom is 0.415 e. The highest BCUT2D eigenvalue weighted by molar-refractivity contribution is 9.10. The number of nitrogens with one attached hydrogen (secondary N) is 1. The Bertz CT molecular complexity index is 495. The molecule has 0 spiro atoms. The second-order valence-corrected chi connectivity index (χ2v) is 6.20. The van der Waals surface area contributed by atoms with Crippen molar-refractivity contribution in [2.75, 3.05) is 0 Å². The van der Waals surface area contributed by atoms with Crippen LogP contribution in [0.3, 0.4) is 0 Å². The summed E-state index contributed by atoms with van der Waals surface area (Å²) in [5.74, 6) is -1.27. The lowest BCUT2D eigenvalue weighted by Crippen LogP contribution is -2.63. The molecule has 0 saturated carbocycles. The van der Waals surface area contributed by atoms with E-state index >= 15 is 0 Å². The van der Waals surface area contributed by atoms with Crippen LogP contribution < -0.4 is 11.1 Å². The number of rotatable bonds is 3. The molecular formula is C13H16BrF3N2O. The van der Waals surface area contributed by atoms with Crippen molar-refractivity contribution < 1.29 is 18.0 Å². The van der Waals surface area contributed by atoms with Gasteiger partial charge in [-0.25, -0.2) is 0 Å². The number of hydrogen-bond acceptors (Lipinski definition) is 2. The maximum atomic E-state index is 12.7. The molecule has 1 amide bonds. The van der Waals surface area contributed by atoms with E-state index in [1.165, 1.54) is 0 Å². The van der Waals surface area contributed by atoms with Gasteiger partial charge in [0.25, 0.3) is 0 Å². The molecule has 3 N–H and O–H groups in total. The van der Waals surface area contributed by atoms with Crippen molar-refractivity contribution in [2.24, 2.45) is 5.73 Å². The molecule has 0 aliphatic rings. The molecule has 112 valence electrons. The topological polar surface area (TPSA) is 55.1 Å². The molecule has 0 fully saturated rings. The van der Waals surface area contributed by atoms with Gasteiger partial charge in [0, 0.05) is 4.47 Å². The summed E-state index contributed by atoms with van der Waals surface area (Å²) in [6.45, 7) is 3.88. The summed E-state index contributed by atoms with van der Waals surface area (Å²) in [6.07, 6.45) is -4.81. The van der Waals surface area contributed by atoms with Crippen LogP contribution in [0.2, 0.25) is 0 Å². The predicted octanol–water partition coefficient (Wildman–Crippen LogP) is 3.08. The van der Waals surface area contributed by atoms with Gasteiger partial charge >= 0.3 is 6.18 Å². The fourth-order valence-electron chi connectivity index (χ4n) is 1.48. The summed E-state index contributed by atoms with van der Waals surface area (Å²) < 4.78 is 39.0. The first-order valence-corrected chi connectivity index (χ1v) is 6.61. The van der Waals surface area contributed by atoms with E-state index in [0.29, 0.717) is 12.5 Å². The third-order valence-electron chi connectivity index (χ3n) is 3.05. The summed E-state index contributed by atoms with van der Waals surface area (Å²) in [7, 11) is 0. The van der Waals surface area contributed by atoms with E-state index in [1.807, 2.05) is 0 Å². The molecule has 1 aromatic rings. The Morgan fingerprint density at radius 3 is 2.00 bits per heavy atom. The van der Waals surface area contributed by atoms with Crippen molar-refractivity contribution in [1.82, 2.24) is 5.32 Å². The first-order chi connectivity index (χ1) is 8.88. The number of amides is 1. The Morgan fingerprint density at radius 2 is 1.60 bits per heavy atom. The van der Waals surface area contributed by atoms with Crippen molar-refractivity contribution in [3.63, 3.8) is 0 Å². The van der Waals surface area contributed by atoms with Gasteiger partial charge in [-0.2, -0.15) is 13.2 Å². The zero-order chi connectivity index (χ0) is 15.8. The normalized spacial score (nSPS) is 15.6. The number of alkyl halides is 3. The van der Waals surface area contributed by atoms with Crippen molar-refractivity contribution in [3.8, 4) is 0 Å². The van der Waals surface area contributed by atoms with E-state index in [-0.39, 0.29) is 0 Å². The number of benzene rings is 1. The summed E-state index contributed by atoms with van der Waals surface area (Å²) in [5.41, 5.74) is 1.88. The van der Waals surface area contributed by atoms with E-state index in [0.717, 1.165) is 4.47 Å². The van der Waals surface area contributed by atoms with E-state index in [1.54, 1.807) is 38.1 Å². The fraction of sp³-hybridized carbons (Fsp3) is 0.462. The third-order valence-corrected chi connectivity index (χ3v) is 3.58. The highest BCUT2D eigenvalue weighted by Crippen LogP contribution is 2.30. The minimum absolute atomic E-state index is 0.653. The van der Waals surface area contributed by atoms with Gasteiger partial charge in [-0.3, -0.25) is 4.79 Å². The van der Waals surface area contributed by atoms with Gasteiger partial charge in [-0.15, -0.1) is 0 Å². The molecule has 0 saturated heterocycles. The summed E-state index contributed by atoms with van der Waals surface area (Å²) in [6, 6.07) is 6.92. The van der Waals surface area contributed by atoms with Crippen molar-refractivity contribution in [1.29, 1.82) is 0 Å². The Morgan fingerprint density at radius 1 is 1.15 bits per heavy atom. The molecule has 1 rings (SSSR count). The van der Waals surface area contributed by atoms with Gasteiger partial charge in [0.15, 0.2) is 5.54 Å². The average molecular weight is 353 g/mol. The van der Waals surface area contributed by atoms with Gasteiger partial charge in [0.05, 0.1) is 5.54 Å². The van der Waals surface area contributed by atoms with Crippen LogP contribution in [-0.4, -0.2) is 17.6 Å². The van der Waals surface area contributed by atoms with Crippen LogP contribution in [-0.2, 0) is 10.3 Å². The quantitative estimate of drug-likeness (QED) is 0.878. The van der Waals surface area contributed by atoms with Crippen molar-refractivity contribution in [3.05, 3.63) is 34.3 Å². The van der Waals surface area contributed by atoms with Gasteiger partial charge in [-0.1, -0.05) is 28.1 Å². The van der Waals surface area contributed by atoms with Crippen LogP contribution in [0.4, 0.5) is 13.2 Å². The van der Waals surface area contributed by atoms with Gasteiger partial charge in [0.2, 0.25) is 5.91 Å². The second kappa shape index (κ2) is 5.37. The number of halogens is 4. The van der Waals surface area contributed by atoms with Gasteiger partial charge in [0.1, 0.15) is 0 Å². The zero-order valence-corrected chi connectivity index (χ0v) is 12.9. The number of carbonyl (C=O) groups is 1. The van der Waals surface area contributed by atoms with Crippen LogP contribution >= 0.6 is 15.9 Å². The Kier molecular flexibility index (Phi) is 4.55. The van der Waals surface area contributed by atoms with Crippen LogP contribution in [0.15, 0.2) is 28.7 Å².